The van der Waals surface area contributed by atoms with Crippen molar-refractivity contribution in [3.63, 3.8) is 0 Å². The SMILES string of the molecule is Cc1cc(OC(C)C)nc(Nc2cc(N)ccc2Cl)n1. The largest absolute Gasteiger partial charge is 0.475 e. The van der Waals surface area contributed by atoms with E-state index in [4.69, 9.17) is 22.1 Å². The lowest BCUT2D eigenvalue weighted by atomic mass is 10.3. The lowest BCUT2D eigenvalue weighted by molar-refractivity contribution is 0.232. The van der Waals surface area contributed by atoms with Gasteiger partial charge in [-0.25, -0.2) is 4.98 Å². The van der Waals surface area contributed by atoms with Crippen molar-refractivity contribution in [1.29, 1.82) is 0 Å². The van der Waals surface area contributed by atoms with Crippen molar-refractivity contribution in [1.82, 2.24) is 9.97 Å². The molecule has 0 atom stereocenters. The number of anilines is 3. The van der Waals surface area contributed by atoms with Crippen LogP contribution in [0.3, 0.4) is 0 Å². The molecule has 0 aliphatic rings. The maximum atomic E-state index is 6.11. The number of halogens is 1. The highest BCUT2D eigenvalue weighted by molar-refractivity contribution is 6.33. The molecule has 0 saturated heterocycles. The molecule has 0 spiro atoms. The van der Waals surface area contributed by atoms with Gasteiger partial charge in [-0.3, -0.25) is 0 Å². The van der Waals surface area contributed by atoms with E-state index in [9.17, 15) is 0 Å². The molecule has 5 nitrogen and oxygen atoms in total. The normalized spacial score (nSPS) is 10.7. The Labute approximate surface area is 123 Å². The molecule has 0 bridgehead atoms. The number of hydrogen-bond donors (Lipinski definition) is 2. The minimum absolute atomic E-state index is 0.0492. The molecule has 3 N–H and O–H groups in total. The predicted molar refractivity (Wildman–Crippen MR) is 81.7 cm³/mol. The number of nitrogens with zero attached hydrogens (tertiary/aromatic N) is 2. The summed E-state index contributed by atoms with van der Waals surface area (Å²) in [6.45, 7) is 5.76. The minimum atomic E-state index is 0.0492. The summed E-state index contributed by atoms with van der Waals surface area (Å²) in [7, 11) is 0. The third-order valence-electron chi connectivity index (χ3n) is 2.42. The maximum absolute atomic E-state index is 6.11. The zero-order chi connectivity index (χ0) is 14.7. The van der Waals surface area contributed by atoms with Gasteiger partial charge in [0.1, 0.15) is 0 Å². The zero-order valence-electron chi connectivity index (χ0n) is 11.6. The summed E-state index contributed by atoms with van der Waals surface area (Å²) in [5.41, 5.74) is 7.82. The van der Waals surface area contributed by atoms with Crippen LogP contribution in [-0.4, -0.2) is 16.1 Å². The van der Waals surface area contributed by atoms with E-state index in [0.29, 0.717) is 28.2 Å². The Balaban J connectivity index is 2.28. The zero-order valence-corrected chi connectivity index (χ0v) is 12.4. The van der Waals surface area contributed by atoms with Crippen LogP contribution in [0.2, 0.25) is 5.02 Å². The molecule has 1 heterocycles. The molecule has 106 valence electrons. The fourth-order valence-corrected chi connectivity index (χ4v) is 1.82. The van der Waals surface area contributed by atoms with E-state index in [-0.39, 0.29) is 6.10 Å². The number of rotatable bonds is 4. The van der Waals surface area contributed by atoms with Gasteiger partial charge in [-0.05, 0) is 39.0 Å². The molecule has 6 heteroatoms. The first-order valence-electron chi connectivity index (χ1n) is 6.28. The van der Waals surface area contributed by atoms with E-state index >= 15 is 0 Å². The molecule has 0 radical (unpaired) electrons. The van der Waals surface area contributed by atoms with Gasteiger partial charge in [0.05, 0.1) is 16.8 Å². The van der Waals surface area contributed by atoms with Crippen LogP contribution in [0.4, 0.5) is 17.3 Å². The molecule has 0 fully saturated rings. The van der Waals surface area contributed by atoms with Gasteiger partial charge in [-0.1, -0.05) is 11.6 Å². The first kappa shape index (κ1) is 14.4. The van der Waals surface area contributed by atoms with E-state index in [1.165, 1.54) is 0 Å². The average Bonchev–Trinajstić information content (AvgIpc) is 2.32. The van der Waals surface area contributed by atoms with Crippen molar-refractivity contribution < 1.29 is 4.74 Å². The third kappa shape index (κ3) is 3.74. The van der Waals surface area contributed by atoms with Crippen molar-refractivity contribution in [2.24, 2.45) is 0 Å². The molecule has 0 saturated carbocycles. The Morgan fingerprint density at radius 3 is 2.70 bits per heavy atom. The van der Waals surface area contributed by atoms with Gasteiger partial charge in [-0.15, -0.1) is 0 Å². The van der Waals surface area contributed by atoms with Crippen LogP contribution in [0, 0.1) is 6.92 Å². The minimum Gasteiger partial charge on any atom is -0.475 e. The molecule has 2 rings (SSSR count). The summed E-state index contributed by atoms with van der Waals surface area (Å²) in [6, 6.07) is 6.97. The summed E-state index contributed by atoms with van der Waals surface area (Å²) in [5, 5.41) is 3.60. The van der Waals surface area contributed by atoms with E-state index < -0.39 is 0 Å². The summed E-state index contributed by atoms with van der Waals surface area (Å²) >= 11 is 6.11. The number of ether oxygens (including phenoxy) is 1. The molecule has 0 aliphatic heterocycles. The van der Waals surface area contributed by atoms with Gasteiger partial charge in [0.2, 0.25) is 11.8 Å². The van der Waals surface area contributed by atoms with Crippen molar-refractivity contribution >= 4 is 28.9 Å². The lowest BCUT2D eigenvalue weighted by Crippen LogP contribution is -2.09. The second kappa shape index (κ2) is 5.96. The fourth-order valence-electron chi connectivity index (χ4n) is 1.66. The summed E-state index contributed by atoms with van der Waals surface area (Å²) < 4.78 is 5.58. The maximum Gasteiger partial charge on any atom is 0.230 e. The second-order valence-electron chi connectivity index (χ2n) is 4.70. The van der Waals surface area contributed by atoms with Crippen LogP contribution in [0.5, 0.6) is 5.88 Å². The number of nitrogen functional groups attached to an aromatic ring is 1. The van der Waals surface area contributed by atoms with Crippen LogP contribution in [0.15, 0.2) is 24.3 Å². The average molecular weight is 293 g/mol. The van der Waals surface area contributed by atoms with E-state index in [1.54, 1.807) is 24.3 Å². The second-order valence-corrected chi connectivity index (χ2v) is 5.11. The van der Waals surface area contributed by atoms with Gasteiger partial charge < -0.3 is 15.8 Å². The summed E-state index contributed by atoms with van der Waals surface area (Å²) in [6.07, 6.45) is 0.0492. The van der Waals surface area contributed by atoms with Gasteiger partial charge in [0.25, 0.3) is 0 Å². The summed E-state index contributed by atoms with van der Waals surface area (Å²) in [4.78, 5) is 8.60. The van der Waals surface area contributed by atoms with Gasteiger partial charge >= 0.3 is 0 Å². The number of benzene rings is 1. The number of nitrogens with two attached hydrogens (primary N) is 1. The van der Waals surface area contributed by atoms with E-state index in [1.807, 2.05) is 20.8 Å². The Hall–Kier alpha value is -2.01. The number of aryl methyl sites for hydroxylation is 1. The van der Waals surface area contributed by atoms with Crippen molar-refractivity contribution in [3.05, 3.63) is 35.0 Å². The molecule has 0 amide bonds. The molecule has 1 aromatic carbocycles. The Morgan fingerprint density at radius 1 is 1.25 bits per heavy atom. The molecule has 0 aliphatic carbocycles. The van der Waals surface area contributed by atoms with Gasteiger partial charge in [-0.2, -0.15) is 4.98 Å². The number of nitrogens with one attached hydrogen (secondary N) is 1. The van der Waals surface area contributed by atoms with Crippen LogP contribution in [0.25, 0.3) is 0 Å². The fraction of sp³-hybridized carbons (Fsp3) is 0.286. The Kier molecular flexibility index (Phi) is 4.29. The molecular formula is C14H17ClN4O. The summed E-state index contributed by atoms with van der Waals surface area (Å²) in [5.74, 6) is 0.947. The van der Waals surface area contributed by atoms with Crippen LogP contribution < -0.4 is 15.8 Å². The highest BCUT2D eigenvalue weighted by Crippen LogP contribution is 2.27. The lowest BCUT2D eigenvalue weighted by Gasteiger charge is -2.12. The molecule has 1 aromatic heterocycles. The number of hydrogen-bond acceptors (Lipinski definition) is 5. The smallest absolute Gasteiger partial charge is 0.230 e. The van der Waals surface area contributed by atoms with Gasteiger partial charge in [0.15, 0.2) is 0 Å². The predicted octanol–water partition coefficient (Wildman–Crippen LogP) is 3.55. The van der Waals surface area contributed by atoms with Crippen molar-refractivity contribution in [3.8, 4) is 5.88 Å². The molecular weight excluding hydrogens is 276 g/mol. The van der Waals surface area contributed by atoms with E-state index in [2.05, 4.69) is 15.3 Å². The Bertz CT molecular complexity index is 616. The number of aromatic nitrogens is 2. The quantitative estimate of drug-likeness (QED) is 0.843. The van der Waals surface area contributed by atoms with Gasteiger partial charge in [0, 0.05) is 17.4 Å². The molecule has 2 aromatic rings. The Morgan fingerprint density at radius 2 is 2.00 bits per heavy atom. The van der Waals surface area contributed by atoms with Crippen molar-refractivity contribution in [2.75, 3.05) is 11.1 Å². The first-order chi connectivity index (χ1) is 9.44. The monoisotopic (exact) mass is 292 g/mol. The first-order valence-corrected chi connectivity index (χ1v) is 6.66. The highest BCUT2D eigenvalue weighted by Gasteiger charge is 2.07. The topological polar surface area (TPSA) is 73.1 Å². The molecule has 0 unspecified atom stereocenters. The van der Waals surface area contributed by atoms with Crippen LogP contribution >= 0.6 is 11.6 Å². The van der Waals surface area contributed by atoms with E-state index in [0.717, 1.165) is 5.69 Å². The third-order valence-corrected chi connectivity index (χ3v) is 2.75. The molecule has 20 heavy (non-hydrogen) atoms. The van der Waals surface area contributed by atoms with Crippen molar-refractivity contribution in [2.45, 2.75) is 26.9 Å². The van der Waals surface area contributed by atoms with Crippen LogP contribution in [0.1, 0.15) is 19.5 Å². The standard InChI is InChI=1S/C14H17ClN4O/c1-8(2)20-13-6-9(3)17-14(19-13)18-12-7-10(16)4-5-11(12)15/h4-8H,16H2,1-3H3,(H,17,18,19). The highest BCUT2D eigenvalue weighted by atomic mass is 35.5. The van der Waals surface area contributed by atoms with Crippen LogP contribution in [-0.2, 0) is 0 Å².